The van der Waals surface area contributed by atoms with E-state index >= 15 is 0 Å². The van der Waals surface area contributed by atoms with Crippen LogP contribution in [0.15, 0.2) is 21.6 Å². The lowest BCUT2D eigenvalue weighted by Crippen LogP contribution is -2.14. The molecule has 1 aromatic heterocycles. The van der Waals surface area contributed by atoms with Crippen LogP contribution in [0.3, 0.4) is 0 Å². The van der Waals surface area contributed by atoms with Gasteiger partial charge in [-0.3, -0.25) is 4.79 Å². The molecule has 0 bridgehead atoms. The van der Waals surface area contributed by atoms with E-state index in [-0.39, 0.29) is 0 Å². The number of carbonyl (C=O) groups excluding carboxylic acids is 1. The third-order valence-corrected chi connectivity index (χ3v) is 4.10. The van der Waals surface area contributed by atoms with Crippen LogP contribution in [0.4, 0.5) is 0 Å². The third-order valence-electron chi connectivity index (χ3n) is 2.89. The number of aldehydes is 1. The van der Waals surface area contributed by atoms with Gasteiger partial charge in [0.15, 0.2) is 17.1 Å². The smallest absolute Gasteiger partial charge is 0.185 e. The average molecular weight is 224 g/mol. The second-order valence-corrected chi connectivity index (χ2v) is 5.59. The van der Waals surface area contributed by atoms with Gasteiger partial charge in [0, 0.05) is 5.25 Å². The third kappa shape index (κ3) is 2.88. The van der Waals surface area contributed by atoms with E-state index < -0.39 is 0 Å². The van der Waals surface area contributed by atoms with Crippen LogP contribution in [0.1, 0.15) is 43.2 Å². The highest BCUT2D eigenvalue weighted by molar-refractivity contribution is 7.99. The van der Waals surface area contributed by atoms with E-state index in [1.54, 1.807) is 17.8 Å². The van der Waals surface area contributed by atoms with Gasteiger partial charge in [-0.1, -0.05) is 31.5 Å². The monoisotopic (exact) mass is 224 g/mol. The predicted molar refractivity (Wildman–Crippen MR) is 61.4 cm³/mol. The molecule has 82 valence electrons. The van der Waals surface area contributed by atoms with Gasteiger partial charge in [-0.2, -0.15) is 0 Å². The van der Waals surface area contributed by atoms with Crippen LogP contribution in [0.25, 0.3) is 0 Å². The van der Waals surface area contributed by atoms with Crippen molar-refractivity contribution in [2.24, 2.45) is 5.92 Å². The Kier molecular flexibility index (Phi) is 3.52. The van der Waals surface area contributed by atoms with E-state index in [2.05, 4.69) is 6.92 Å². The molecule has 3 heteroatoms. The summed E-state index contributed by atoms with van der Waals surface area (Å²) < 4.78 is 5.37. The Bertz CT molecular complexity index is 332. The molecule has 1 saturated carbocycles. The lowest BCUT2D eigenvalue weighted by Gasteiger charge is -2.25. The number of rotatable bonds is 3. The Hall–Kier alpha value is -0.700. The summed E-state index contributed by atoms with van der Waals surface area (Å²) in [6.45, 7) is 2.31. The first-order valence-corrected chi connectivity index (χ1v) is 6.37. The number of thioether (sulfide) groups is 1. The summed E-state index contributed by atoms with van der Waals surface area (Å²) in [5, 5.41) is 1.55. The molecule has 2 nitrogen and oxygen atoms in total. The van der Waals surface area contributed by atoms with E-state index in [0.29, 0.717) is 11.0 Å². The van der Waals surface area contributed by atoms with E-state index in [9.17, 15) is 4.79 Å². The Balaban J connectivity index is 1.92. The van der Waals surface area contributed by atoms with Crippen molar-refractivity contribution in [3.63, 3.8) is 0 Å². The molecule has 0 aromatic carbocycles. The van der Waals surface area contributed by atoms with Crippen molar-refractivity contribution >= 4 is 18.0 Å². The van der Waals surface area contributed by atoms with Gasteiger partial charge in [-0.05, 0) is 30.9 Å². The molecule has 2 rings (SSSR count). The van der Waals surface area contributed by atoms with Gasteiger partial charge in [-0.15, -0.1) is 0 Å². The molecular weight excluding hydrogens is 208 g/mol. The maximum atomic E-state index is 10.5. The fourth-order valence-corrected chi connectivity index (χ4v) is 3.44. The molecule has 0 N–H and O–H groups in total. The second-order valence-electron chi connectivity index (χ2n) is 4.29. The van der Waals surface area contributed by atoms with Gasteiger partial charge in [0.2, 0.25) is 0 Å². The molecule has 0 spiro atoms. The molecule has 1 aliphatic rings. The van der Waals surface area contributed by atoms with Crippen molar-refractivity contribution in [1.29, 1.82) is 0 Å². The van der Waals surface area contributed by atoms with Gasteiger partial charge in [0.1, 0.15) is 0 Å². The quantitative estimate of drug-likeness (QED) is 0.732. The number of carbonyl (C=O) groups is 1. The van der Waals surface area contributed by atoms with Crippen LogP contribution in [0.2, 0.25) is 0 Å². The minimum atomic E-state index is 0.432. The number of hydrogen-bond donors (Lipinski definition) is 0. The van der Waals surface area contributed by atoms with Crippen molar-refractivity contribution < 1.29 is 9.21 Å². The Morgan fingerprint density at radius 2 is 2.33 bits per heavy atom. The first kappa shape index (κ1) is 10.8. The SMILES string of the molecule is CC1CCCC(Sc2ccc(C=O)o2)C1. The molecule has 1 aliphatic carbocycles. The lowest BCUT2D eigenvalue weighted by molar-refractivity contribution is 0.109. The average Bonchev–Trinajstić information content (AvgIpc) is 2.65. The number of hydrogen-bond acceptors (Lipinski definition) is 3. The second kappa shape index (κ2) is 4.88. The fourth-order valence-electron chi connectivity index (χ4n) is 2.11. The zero-order valence-electron chi connectivity index (χ0n) is 8.94. The summed E-state index contributed by atoms with van der Waals surface area (Å²) in [4.78, 5) is 10.5. The van der Waals surface area contributed by atoms with Crippen LogP contribution < -0.4 is 0 Å². The molecule has 0 amide bonds. The minimum Gasteiger partial charge on any atom is -0.447 e. The first-order chi connectivity index (χ1) is 7.28. The molecule has 2 atom stereocenters. The van der Waals surface area contributed by atoms with E-state index in [1.807, 2.05) is 6.07 Å². The van der Waals surface area contributed by atoms with Gasteiger partial charge in [0.05, 0.1) is 0 Å². The standard InChI is InChI=1S/C12H16O2S/c1-9-3-2-4-11(7-9)15-12-6-5-10(8-13)14-12/h5-6,8-9,11H,2-4,7H2,1H3. The molecular formula is C12H16O2S. The highest BCUT2D eigenvalue weighted by Crippen LogP contribution is 2.36. The minimum absolute atomic E-state index is 0.432. The van der Waals surface area contributed by atoms with Gasteiger partial charge in [-0.25, -0.2) is 0 Å². The van der Waals surface area contributed by atoms with Crippen molar-refractivity contribution in [2.45, 2.75) is 42.9 Å². The summed E-state index contributed by atoms with van der Waals surface area (Å²) >= 11 is 1.78. The zero-order chi connectivity index (χ0) is 10.7. The summed E-state index contributed by atoms with van der Waals surface area (Å²) in [6.07, 6.45) is 5.97. The largest absolute Gasteiger partial charge is 0.447 e. The fraction of sp³-hybridized carbons (Fsp3) is 0.583. The summed E-state index contributed by atoms with van der Waals surface area (Å²) in [6, 6.07) is 3.63. The van der Waals surface area contributed by atoms with Crippen molar-refractivity contribution in [1.82, 2.24) is 0 Å². The highest BCUT2D eigenvalue weighted by Gasteiger charge is 2.20. The first-order valence-electron chi connectivity index (χ1n) is 5.49. The highest BCUT2D eigenvalue weighted by atomic mass is 32.2. The van der Waals surface area contributed by atoms with Crippen LogP contribution in [0, 0.1) is 5.92 Å². The molecule has 0 aliphatic heterocycles. The lowest BCUT2D eigenvalue weighted by atomic mass is 9.91. The van der Waals surface area contributed by atoms with Gasteiger partial charge in [0.25, 0.3) is 0 Å². The molecule has 0 saturated heterocycles. The van der Waals surface area contributed by atoms with Gasteiger partial charge < -0.3 is 4.42 Å². The van der Waals surface area contributed by atoms with Crippen LogP contribution in [0.5, 0.6) is 0 Å². The molecule has 1 aromatic rings. The maximum Gasteiger partial charge on any atom is 0.185 e. The van der Waals surface area contributed by atoms with E-state index in [0.717, 1.165) is 17.3 Å². The van der Waals surface area contributed by atoms with Crippen LogP contribution in [-0.4, -0.2) is 11.5 Å². The molecule has 2 unspecified atom stereocenters. The molecule has 1 fully saturated rings. The topological polar surface area (TPSA) is 30.2 Å². The predicted octanol–water partition coefficient (Wildman–Crippen LogP) is 3.76. The van der Waals surface area contributed by atoms with Gasteiger partial charge >= 0.3 is 0 Å². The maximum absolute atomic E-state index is 10.5. The Labute approximate surface area is 94.4 Å². The van der Waals surface area contributed by atoms with Crippen LogP contribution in [-0.2, 0) is 0 Å². The normalized spacial score (nSPS) is 26.5. The molecule has 1 heterocycles. The summed E-state index contributed by atoms with van der Waals surface area (Å²) in [5.74, 6) is 1.26. The van der Waals surface area contributed by atoms with E-state index in [1.165, 1.54) is 25.7 Å². The van der Waals surface area contributed by atoms with Crippen molar-refractivity contribution in [2.75, 3.05) is 0 Å². The molecule has 0 radical (unpaired) electrons. The summed E-state index contributed by atoms with van der Waals surface area (Å²) in [7, 11) is 0. The molecule has 15 heavy (non-hydrogen) atoms. The van der Waals surface area contributed by atoms with Crippen molar-refractivity contribution in [3.8, 4) is 0 Å². The number of furan rings is 1. The van der Waals surface area contributed by atoms with E-state index in [4.69, 9.17) is 4.42 Å². The Morgan fingerprint density at radius 1 is 1.47 bits per heavy atom. The Morgan fingerprint density at radius 3 is 3.00 bits per heavy atom. The zero-order valence-corrected chi connectivity index (χ0v) is 9.76. The van der Waals surface area contributed by atoms with Crippen LogP contribution >= 0.6 is 11.8 Å². The summed E-state index contributed by atoms with van der Waals surface area (Å²) in [5.41, 5.74) is 0. The van der Waals surface area contributed by atoms with Crippen molar-refractivity contribution in [3.05, 3.63) is 17.9 Å².